The molecule has 1 saturated heterocycles. The molecule has 0 atom stereocenters. The van der Waals surface area contributed by atoms with Crippen molar-refractivity contribution in [3.05, 3.63) is 0 Å². The summed E-state index contributed by atoms with van der Waals surface area (Å²) in [4.78, 5) is 9.93. The monoisotopic (exact) mass is 367 g/mol. The van der Waals surface area contributed by atoms with Crippen molar-refractivity contribution in [3.8, 4) is 0 Å². The Kier molecular flexibility index (Phi) is 9.72. The number of hydrogen-bond acceptors (Lipinski definition) is 4. The molecule has 1 saturated carbocycles. The SMILES string of the molecule is CCNC(=NCC1(CCOC)CCC1)NCCCN1CCCN(C)CC1. The standard InChI is InChI=1S/C20H41N5O/c1-4-21-19(23-18-20(8-5-9-20)10-17-26-3)22-11-6-13-25-14-7-12-24(2)15-16-25/h4-18H2,1-3H3,(H2,21,22,23). The number of likely N-dealkylation sites (N-methyl/N-ethyl adjacent to an activating group) is 1. The van der Waals surface area contributed by atoms with Crippen LogP contribution in [0, 0.1) is 5.41 Å². The Balaban J connectivity index is 1.69. The summed E-state index contributed by atoms with van der Waals surface area (Å²) in [6.45, 7) is 11.9. The van der Waals surface area contributed by atoms with E-state index in [2.05, 4.69) is 34.4 Å². The molecule has 1 aliphatic carbocycles. The summed E-state index contributed by atoms with van der Waals surface area (Å²) in [5, 5.41) is 6.93. The third kappa shape index (κ3) is 7.41. The second-order valence-electron chi connectivity index (χ2n) is 8.07. The quantitative estimate of drug-likeness (QED) is 0.350. The maximum Gasteiger partial charge on any atom is 0.191 e. The molecule has 26 heavy (non-hydrogen) atoms. The van der Waals surface area contributed by atoms with E-state index >= 15 is 0 Å². The predicted molar refractivity (Wildman–Crippen MR) is 110 cm³/mol. The van der Waals surface area contributed by atoms with Crippen LogP contribution >= 0.6 is 0 Å². The average molecular weight is 368 g/mol. The molecule has 2 N–H and O–H groups in total. The number of aliphatic imine (C=N–C) groups is 1. The molecule has 1 heterocycles. The van der Waals surface area contributed by atoms with Crippen LogP contribution < -0.4 is 10.6 Å². The highest BCUT2D eigenvalue weighted by molar-refractivity contribution is 5.79. The zero-order chi connectivity index (χ0) is 18.7. The van der Waals surface area contributed by atoms with Crippen LogP contribution in [0.2, 0.25) is 0 Å². The van der Waals surface area contributed by atoms with Gasteiger partial charge in [-0.3, -0.25) is 4.99 Å². The first-order valence-corrected chi connectivity index (χ1v) is 10.6. The molecule has 2 fully saturated rings. The number of hydrogen-bond donors (Lipinski definition) is 2. The summed E-state index contributed by atoms with van der Waals surface area (Å²) in [7, 11) is 4.02. The second kappa shape index (κ2) is 11.8. The molecule has 0 radical (unpaired) electrons. The minimum absolute atomic E-state index is 0.385. The molecule has 0 bridgehead atoms. The maximum atomic E-state index is 5.29. The molecule has 1 aliphatic heterocycles. The summed E-state index contributed by atoms with van der Waals surface area (Å²) in [5.41, 5.74) is 0.385. The Hall–Kier alpha value is -0.850. The lowest BCUT2D eigenvalue weighted by Crippen LogP contribution is -2.41. The van der Waals surface area contributed by atoms with Crippen LogP contribution in [0.3, 0.4) is 0 Å². The largest absolute Gasteiger partial charge is 0.385 e. The van der Waals surface area contributed by atoms with Crippen molar-refractivity contribution in [2.75, 3.05) is 73.1 Å². The van der Waals surface area contributed by atoms with Crippen LogP contribution in [-0.2, 0) is 4.74 Å². The smallest absolute Gasteiger partial charge is 0.191 e. The van der Waals surface area contributed by atoms with Crippen LogP contribution in [-0.4, -0.2) is 88.9 Å². The van der Waals surface area contributed by atoms with E-state index in [0.717, 1.165) is 38.6 Å². The third-order valence-corrected chi connectivity index (χ3v) is 5.92. The van der Waals surface area contributed by atoms with Crippen LogP contribution in [0.5, 0.6) is 0 Å². The molecule has 0 aromatic carbocycles. The van der Waals surface area contributed by atoms with Crippen LogP contribution in [0.25, 0.3) is 0 Å². The maximum absolute atomic E-state index is 5.29. The molecule has 0 spiro atoms. The fraction of sp³-hybridized carbons (Fsp3) is 0.950. The fourth-order valence-corrected chi connectivity index (χ4v) is 3.90. The molecule has 6 nitrogen and oxygen atoms in total. The summed E-state index contributed by atoms with van der Waals surface area (Å²) in [5.74, 6) is 0.979. The zero-order valence-corrected chi connectivity index (χ0v) is 17.4. The molecule has 2 rings (SSSR count). The van der Waals surface area contributed by atoms with Gasteiger partial charge in [-0.25, -0.2) is 0 Å². The molecule has 2 aliphatic rings. The van der Waals surface area contributed by atoms with Gasteiger partial charge in [0.1, 0.15) is 0 Å². The highest BCUT2D eigenvalue weighted by atomic mass is 16.5. The lowest BCUT2D eigenvalue weighted by atomic mass is 9.67. The topological polar surface area (TPSA) is 52.1 Å². The third-order valence-electron chi connectivity index (χ3n) is 5.92. The Bertz CT molecular complexity index is 411. The normalized spacial score (nSPS) is 21.9. The van der Waals surface area contributed by atoms with E-state index in [1.165, 1.54) is 64.8 Å². The van der Waals surface area contributed by atoms with Gasteiger partial charge in [0.25, 0.3) is 0 Å². The van der Waals surface area contributed by atoms with E-state index in [1.54, 1.807) is 7.11 Å². The molecule has 0 aromatic rings. The Labute approximate surface area is 160 Å². The molecular weight excluding hydrogens is 326 g/mol. The number of ether oxygens (including phenoxy) is 1. The van der Waals surface area contributed by atoms with Gasteiger partial charge in [-0.2, -0.15) is 0 Å². The van der Waals surface area contributed by atoms with Crippen molar-refractivity contribution >= 4 is 5.96 Å². The summed E-state index contributed by atoms with van der Waals surface area (Å²) in [6.07, 6.45) is 7.52. The molecule has 0 amide bonds. The Morgan fingerprint density at radius 1 is 1.12 bits per heavy atom. The van der Waals surface area contributed by atoms with Crippen LogP contribution in [0.4, 0.5) is 0 Å². The van der Waals surface area contributed by atoms with Gasteiger partial charge < -0.3 is 25.2 Å². The van der Waals surface area contributed by atoms with Crippen molar-refractivity contribution in [1.29, 1.82) is 0 Å². The molecule has 152 valence electrons. The van der Waals surface area contributed by atoms with Crippen molar-refractivity contribution in [2.24, 2.45) is 10.4 Å². The van der Waals surface area contributed by atoms with E-state index in [0.29, 0.717) is 5.41 Å². The Morgan fingerprint density at radius 2 is 1.96 bits per heavy atom. The number of nitrogens with one attached hydrogen (secondary N) is 2. The second-order valence-corrected chi connectivity index (χ2v) is 8.07. The van der Waals surface area contributed by atoms with E-state index in [4.69, 9.17) is 9.73 Å². The van der Waals surface area contributed by atoms with Gasteiger partial charge in [0, 0.05) is 46.4 Å². The van der Waals surface area contributed by atoms with Gasteiger partial charge in [-0.1, -0.05) is 6.42 Å². The average Bonchev–Trinajstić information content (AvgIpc) is 2.81. The van der Waals surface area contributed by atoms with E-state index in [1.807, 2.05) is 0 Å². The van der Waals surface area contributed by atoms with Gasteiger partial charge in [-0.05, 0) is 71.1 Å². The number of rotatable bonds is 10. The van der Waals surface area contributed by atoms with Gasteiger partial charge in [-0.15, -0.1) is 0 Å². The Morgan fingerprint density at radius 3 is 2.65 bits per heavy atom. The van der Waals surface area contributed by atoms with Gasteiger partial charge in [0.15, 0.2) is 5.96 Å². The van der Waals surface area contributed by atoms with Crippen molar-refractivity contribution in [3.63, 3.8) is 0 Å². The van der Waals surface area contributed by atoms with Crippen molar-refractivity contribution < 1.29 is 4.74 Å². The summed E-state index contributed by atoms with van der Waals surface area (Å²) in [6, 6.07) is 0. The van der Waals surface area contributed by atoms with Crippen LogP contribution in [0.1, 0.15) is 45.4 Å². The van der Waals surface area contributed by atoms with Crippen molar-refractivity contribution in [2.45, 2.75) is 45.4 Å². The first kappa shape index (κ1) is 21.5. The minimum atomic E-state index is 0.385. The zero-order valence-electron chi connectivity index (χ0n) is 17.4. The van der Waals surface area contributed by atoms with Gasteiger partial charge in [0.2, 0.25) is 0 Å². The minimum Gasteiger partial charge on any atom is -0.385 e. The van der Waals surface area contributed by atoms with Gasteiger partial charge >= 0.3 is 0 Å². The predicted octanol–water partition coefficient (Wildman–Crippen LogP) is 1.78. The molecule has 0 aromatic heterocycles. The molecular formula is C20H41N5O. The number of methoxy groups -OCH3 is 1. The lowest BCUT2D eigenvalue weighted by molar-refractivity contribution is 0.0778. The van der Waals surface area contributed by atoms with Crippen molar-refractivity contribution in [1.82, 2.24) is 20.4 Å². The summed E-state index contributed by atoms with van der Waals surface area (Å²) < 4.78 is 5.29. The van der Waals surface area contributed by atoms with E-state index < -0.39 is 0 Å². The number of guanidine groups is 1. The molecule has 6 heteroatoms. The first-order valence-electron chi connectivity index (χ1n) is 10.6. The first-order chi connectivity index (χ1) is 12.7. The molecule has 0 unspecified atom stereocenters. The van der Waals surface area contributed by atoms with E-state index in [9.17, 15) is 0 Å². The number of nitrogens with zero attached hydrogens (tertiary/aromatic N) is 3. The lowest BCUT2D eigenvalue weighted by Gasteiger charge is -2.40. The van der Waals surface area contributed by atoms with E-state index in [-0.39, 0.29) is 0 Å². The fourth-order valence-electron chi connectivity index (χ4n) is 3.90. The van der Waals surface area contributed by atoms with Gasteiger partial charge in [0.05, 0.1) is 0 Å². The highest BCUT2D eigenvalue weighted by Crippen LogP contribution is 2.44. The van der Waals surface area contributed by atoms with Crippen LogP contribution in [0.15, 0.2) is 4.99 Å². The highest BCUT2D eigenvalue weighted by Gasteiger charge is 2.36. The summed E-state index contributed by atoms with van der Waals surface area (Å²) >= 11 is 0.